The van der Waals surface area contributed by atoms with Crippen molar-refractivity contribution >= 4 is 0 Å². The fraction of sp³-hybridized carbons (Fsp3) is 1.00. The van der Waals surface area contributed by atoms with Crippen LogP contribution >= 0.6 is 0 Å². The smallest absolute Gasteiger partial charge is 0.170 e. The van der Waals surface area contributed by atoms with Crippen LogP contribution in [0.25, 0.3) is 0 Å². The molecule has 0 radical (unpaired) electrons. The second-order valence-electron chi connectivity index (χ2n) is 11.5. The molecular weight excluding hydrogens is 384 g/mol. The van der Waals surface area contributed by atoms with Gasteiger partial charge < -0.3 is 29.2 Å². The van der Waals surface area contributed by atoms with E-state index in [0.717, 1.165) is 25.7 Å². The number of hydrogen-bond acceptors (Lipinski definition) is 6. The van der Waals surface area contributed by atoms with Crippen molar-refractivity contribution in [2.45, 2.75) is 129 Å². The molecule has 0 bridgehead atoms. The Morgan fingerprint density at radius 3 is 0.867 bits per heavy atom. The van der Waals surface area contributed by atoms with Crippen molar-refractivity contribution in [2.75, 3.05) is 0 Å². The van der Waals surface area contributed by atoms with E-state index in [1.54, 1.807) is 0 Å². The third kappa shape index (κ3) is 4.89. The molecule has 1 unspecified atom stereocenters. The van der Waals surface area contributed by atoms with Gasteiger partial charge in [0.05, 0.1) is 0 Å². The number of fused-ring (bicyclic) bond motifs is 2. The van der Waals surface area contributed by atoms with E-state index in [2.05, 4.69) is 55.4 Å². The highest BCUT2D eigenvalue weighted by molar-refractivity contribution is 5.09. The first kappa shape index (κ1) is 24.4. The van der Waals surface area contributed by atoms with Gasteiger partial charge in [-0.1, -0.05) is 55.4 Å². The summed E-state index contributed by atoms with van der Waals surface area (Å²) < 4.78 is 25.7. The molecule has 0 spiro atoms. The molecule has 0 aromatic heterocycles. The molecule has 6 nitrogen and oxygen atoms in total. The van der Waals surface area contributed by atoms with Crippen LogP contribution in [-0.4, -0.2) is 58.4 Å². The SMILES string of the molecule is CC(C)CC1(CC(C)C)O[C@H]2[C@@H](O)[C@@H]3OC(CC(C)C)(CC(C)C)O[C@H]3C(O)[C@H]2O1. The van der Waals surface area contributed by atoms with Crippen LogP contribution in [-0.2, 0) is 18.9 Å². The summed E-state index contributed by atoms with van der Waals surface area (Å²) in [5, 5.41) is 22.5. The van der Waals surface area contributed by atoms with Crippen LogP contribution < -0.4 is 0 Å². The molecule has 2 saturated heterocycles. The van der Waals surface area contributed by atoms with Crippen LogP contribution in [0.5, 0.6) is 0 Å². The fourth-order valence-electron chi connectivity index (χ4n) is 5.79. The average molecular weight is 429 g/mol. The summed E-state index contributed by atoms with van der Waals surface area (Å²) in [6.07, 6.45) is -1.37. The third-order valence-corrected chi connectivity index (χ3v) is 6.27. The van der Waals surface area contributed by atoms with E-state index in [1.807, 2.05) is 0 Å². The van der Waals surface area contributed by atoms with Crippen molar-refractivity contribution in [3.05, 3.63) is 0 Å². The lowest BCUT2D eigenvalue weighted by atomic mass is 9.85. The molecule has 6 heteroatoms. The molecule has 176 valence electrons. The Bertz CT molecular complexity index is 476. The molecule has 3 rings (SSSR count). The highest BCUT2D eigenvalue weighted by atomic mass is 16.8. The largest absolute Gasteiger partial charge is 0.387 e. The Labute approximate surface area is 182 Å². The maximum Gasteiger partial charge on any atom is 0.170 e. The fourth-order valence-corrected chi connectivity index (χ4v) is 5.79. The zero-order valence-electron chi connectivity index (χ0n) is 20.1. The Balaban J connectivity index is 1.84. The Morgan fingerprint density at radius 1 is 0.500 bits per heavy atom. The predicted molar refractivity (Wildman–Crippen MR) is 115 cm³/mol. The first-order valence-electron chi connectivity index (χ1n) is 11.9. The lowest BCUT2D eigenvalue weighted by Gasteiger charge is -2.38. The minimum atomic E-state index is -0.897. The van der Waals surface area contributed by atoms with E-state index in [-0.39, 0.29) is 0 Å². The van der Waals surface area contributed by atoms with Crippen molar-refractivity contribution in [3.8, 4) is 0 Å². The van der Waals surface area contributed by atoms with Crippen LogP contribution in [0.2, 0.25) is 0 Å². The quantitative estimate of drug-likeness (QED) is 0.611. The van der Waals surface area contributed by atoms with Gasteiger partial charge in [0.2, 0.25) is 0 Å². The minimum Gasteiger partial charge on any atom is -0.387 e. The lowest BCUT2D eigenvalue weighted by molar-refractivity contribution is -0.225. The third-order valence-electron chi connectivity index (χ3n) is 6.27. The first-order valence-corrected chi connectivity index (χ1v) is 11.9. The van der Waals surface area contributed by atoms with E-state index in [4.69, 9.17) is 18.9 Å². The van der Waals surface area contributed by atoms with Gasteiger partial charge in [0.25, 0.3) is 0 Å². The Hall–Kier alpha value is -0.240. The van der Waals surface area contributed by atoms with Crippen molar-refractivity contribution < 1.29 is 29.2 Å². The highest BCUT2D eigenvalue weighted by Gasteiger charge is 2.65. The summed E-state index contributed by atoms with van der Waals surface area (Å²) in [4.78, 5) is 0. The van der Waals surface area contributed by atoms with Gasteiger partial charge in [0.1, 0.15) is 36.6 Å². The van der Waals surface area contributed by atoms with Crippen molar-refractivity contribution in [2.24, 2.45) is 23.7 Å². The van der Waals surface area contributed by atoms with Crippen LogP contribution in [0.4, 0.5) is 0 Å². The molecule has 1 aliphatic carbocycles. The van der Waals surface area contributed by atoms with Crippen LogP contribution in [0.15, 0.2) is 0 Å². The van der Waals surface area contributed by atoms with Gasteiger partial charge >= 0.3 is 0 Å². The standard InChI is InChI=1S/C24H44O6/c1-13(2)9-23(10-14(3)4)27-19-17(25)21-22(18(26)20(19)28-23)30-24(29-21,11-15(5)6)12-16(7)8/h13-22,25-26H,9-12H2,1-8H3/t17-,18?,19-,20-,21-,22+/m0/s1. The van der Waals surface area contributed by atoms with Crippen LogP contribution in [0, 0.1) is 23.7 Å². The average Bonchev–Trinajstić information content (AvgIpc) is 3.10. The van der Waals surface area contributed by atoms with Gasteiger partial charge in [-0.25, -0.2) is 0 Å². The normalized spacial score (nSPS) is 37.4. The summed E-state index contributed by atoms with van der Waals surface area (Å²) in [6.45, 7) is 17.1. The van der Waals surface area contributed by atoms with Crippen molar-refractivity contribution in [3.63, 3.8) is 0 Å². The van der Waals surface area contributed by atoms with Gasteiger partial charge in [0.15, 0.2) is 11.6 Å². The molecule has 0 aromatic carbocycles. The van der Waals surface area contributed by atoms with Crippen LogP contribution in [0.3, 0.4) is 0 Å². The molecule has 6 atom stereocenters. The lowest BCUT2D eigenvalue weighted by Crippen LogP contribution is -2.61. The summed E-state index contributed by atoms with van der Waals surface area (Å²) in [6, 6.07) is 0. The molecule has 3 aliphatic rings. The van der Waals surface area contributed by atoms with Crippen LogP contribution in [0.1, 0.15) is 81.1 Å². The molecule has 1 saturated carbocycles. The molecule has 30 heavy (non-hydrogen) atoms. The zero-order valence-corrected chi connectivity index (χ0v) is 20.1. The maximum atomic E-state index is 11.2. The molecular formula is C24H44O6. The number of rotatable bonds is 8. The number of aliphatic hydroxyl groups is 2. The van der Waals surface area contributed by atoms with Gasteiger partial charge in [-0.2, -0.15) is 0 Å². The second kappa shape index (κ2) is 8.95. The summed E-state index contributed by atoms with van der Waals surface area (Å²) in [5.41, 5.74) is 0. The van der Waals surface area contributed by atoms with Gasteiger partial charge in [0, 0.05) is 25.7 Å². The van der Waals surface area contributed by atoms with E-state index in [0.29, 0.717) is 23.7 Å². The highest BCUT2D eigenvalue weighted by Crippen LogP contribution is 2.49. The number of aliphatic hydroxyl groups excluding tert-OH is 2. The molecule has 0 amide bonds. The minimum absolute atomic E-state index is 0.370. The van der Waals surface area contributed by atoms with Gasteiger partial charge in [-0.15, -0.1) is 0 Å². The van der Waals surface area contributed by atoms with E-state index in [9.17, 15) is 10.2 Å². The summed E-state index contributed by atoms with van der Waals surface area (Å²) >= 11 is 0. The van der Waals surface area contributed by atoms with Gasteiger partial charge in [-0.3, -0.25) is 0 Å². The molecule has 0 aromatic rings. The zero-order chi connectivity index (χ0) is 22.4. The number of hydrogen-bond donors (Lipinski definition) is 2. The molecule has 3 fully saturated rings. The maximum absolute atomic E-state index is 11.2. The Kier molecular flexibility index (Phi) is 7.28. The number of ether oxygens (including phenoxy) is 4. The predicted octanol–water partition coefficient (Wildman–Crippen LogP) is 3.87. The monoisotopic (exact) mass is 428 g/mol. The summed E-state index contributed by atoms with van der Waals surface area (Å²) in [7, 11) is 0. The Morgan fingerprint density at radius 2 is 0.700 bits per heavy atom. The van der Waals surface area contributed by atoms with Crippen molar-refractivity contribution in [1.82, 2.24) is 0 Å². The molecule has 2 N–H and O–H groups in total. The van der Waals surface area contributed by atoms with E-state index < -0.39 is 48.2 Å². The van der Waals surface area contributed by atoms with E-state index >= 15 is 0 Å². The first-order chi connectivity index (χ1) is 13.9. The molecule has 2 heterocycles. The topological polar surface area (TPSA) is 77.4 Å². The van der Waals surface area contributed by atoms with E-state index in [1.165, 1.54) is 0 Å². The van der Waals surface area contributed by atoms with Crippen molar-refractivity contribution in [1.29, 1.82) is 0 Å². The second-order valence-corrected chi connectivity index (χ2v) is 11.5. The summed E-state index contributed by atoms with van der Waals surface area (Å²) in [5.74, 6) is -0.0918. The van der Waals surface area contributed by atoms with Gasteiger partial charge in [-0.05, 0) is 23.7 Å². The molecule has 2 aliphatic heterocycles.